The zero-order valence-electron chi connectivity index (χ0n) is 17.4. The van der Waals surface area contributed by atoms with Gasteiger partial charge in [-0.1, -0.05) is 74.0 Å². The summed E-state index contributed by atoms with van der Waals surface area (Å²) in [4.78, 5) is 0. The minimum atomic E-state index is -0.227. The van der Waals surface area contributed by atoms with Crippen molar-refractivity contribution in [2.75, 3.05) is 6.67 Å². The molecule has 150 valence electrons. The summed E-state index contributed by atoms with van der Waals surface area (Å²) in [5.41, 5.74) is 5.50. The fourth-order valence-corrected chi connectivity index (χ4v) is 4.41. The van der Waals surface area contributed by atoms with Crippen LogP contribution in [0.5, 0.6) is 0 Å². The van der Waals surface area contributed by atoms with Crippen LogP contribution in [0.4, 0.5) is 4.39 Å². The Morgan fingerprint density at radius 1 is 0.821 bits per heavy atom. The summed E-state index contributed by atoms with van der Waals surface area (Å²) in [5, 5.41) is 0. The van der Waals surface area contributed by atoms with E-state index in [0.29, 0.717) is 12.3 Å². The Hall–Kier alpha value is -1.89. The largest absolute Gasteiger partial charge is 0.251 e. The van der Waals surface area contributed by atoms with Crippen molar-refractivity contribution >= 4 is 0 Å². The zero-order chi connectivity index (χ0) is 19.6. The Balaban J connectivity index is 1.45. The quantitative estimate of drug-likeness (QED) is 0.388. The number of rotatable bonds is 9. The standard InChI is InChI=1S/C27H35F/c1-2-5-22-13-17-26(18-14-22)27-19-15-25(16-20-27)12-11-24-9-7-23(8-10-24)6-3-4-21-28/h3,6,13-20,23-24H,2,4-5,7-12,21H2,1H3. The van der Waals surface area contributed by atoms with Gasteiger partial charge >= 0.3 is 0 Å². The van der Waals surface area contributed by atoms with E-state index in [0.717, 1.165) is 12.3 Å². The lowest BCUT2D eigenvalue weighted by Gasteiger charge is -2.26. The molecule has 0 saturated heterocycles. The van der Waals surface area contributed by atoms with Gasteiger partial charge in [0.25, 0.3) is 0 Å². The summed E-state index contributed by atoms with van der Waals surface area (Å²) in [6.07, 6.45) is 14.9. The second-order valence-corrected chi connectivity index (χ2v) is 8.37. The monoisotopic (exact) mass is 378 g/mol. The molecule has 0 amide bonds. The van der Waals surface area contributed by atoms with Gasteiger partial charge in [0.15, 0.2) is 0 Å². The molecule has 0 atom stereocenters. The van der Waals surface area contributed by atoms with Gasteiger partial charge in [-0.05, 0) is 85.5 Å². The molecule has 0 radical (unpaired) electrons. The van der Waals surface area contributed by atoms with Gasteiger partial charge in [0.1, 0.15) is 0 Å². The second-order valence-electron chi connectivity index (χ2n) is 8.37. The normalized spacial score (nSPS) is 19.9. The first-order valence-electron chi connectivity index (χ1n) is 11.2. The SMILES string of the molecule is CCCc1ccc(-c2ccc(CCC3CCC(C=CCCF)CC3)cc2)cc1. The lowest BCUT2D eigenvalue weighted by atomic mass is 9.79. The highest BCUT2D eigenvalue weighted by Gasteiger charge is 2.19. The molecule has 0 spiro atoms. The molecule has 2 aromatic rings. The highest BCUT2D eigenvalue weighted by molar-refractivity contribution is 5.63. The molecular weight excluding hydrogens is 343 g/mol. The molecule has 1 aliphatic carbocycles. The zero-order valence-corrected chi connectivity index (χ0v) is 17.4. The molecule has 2 aromatic carbocycles. The molecule has 0 unspecified atom stereocenters. The Morgan fingerprint density at radius 2 is 1.39 bits per heavy atom. The molecule has 1 heteroatoms. The first-order valence-corrected chi connectivity index (χ1v) is 11.2. The van der Waals surface area contributed by atoms with Crippen molar-refractivity contribution in [3.8, 4) is 11.1 Å². The van der Waals surface area contributed by atoms with Crippen LogP contribution >= 0.6 is 0 Å². The Labute approximate surface area is 170 Å². The van der Waals surface area contributed by atoms with Crippen LogP contribution in [0.25, 0.3) is 11.1 Å². The van der Waals surface area contributed by atoms with E-state index in [-0.39, 0.29) is 6.67 Å². The molecular formula is C27H35F. The average molecular weight is 379 g/mol. The highest BCUT2D eigenvalue weighted by Crippen LogP contribution is 2.32. The van der Waals surface area contributed by atoms with Crippen molar-refractivity contribution in [1.29, 1.82) is 0 Å². The highest BCUT2D eigenvalue weighted by atomic mass is 19.1. The molecule has 0 nitrogen and oxygen atoms in total. The van der Waals surface area contributed by atoms with Crippen LogP contribution in [0.1, 0.15) is 63.0 Å². The number of hydrogen-bond acceptors (Lipinski definition) is 0. The number of halogens is 1. The summed E-state index contributed by atoms with van der Waals surface area (Å²) >= 11 is 0. The Bertz CT molecular complexity index is 703. The summed E-state index contributed by atoms with van der Waals surface area (Å²) < 4.78 is 12.2. The summed E-state index contributed by atoms with van der Waals surface area (Å²) in [7, 11) is 0. The summed E-state index contributed by atoms with van der Waals surface area (Å²) in [6, 6.07) is 18.2. The number of benzene rings is 2. The van der Waals surface area contributed by atoms with Crippen LogP contribution in [0, 0.1) is 11.8 Å². The van der Waals surface area contributed by atoms with E-state index < -0.39 is 0 Å². The molecule has 0 N–H and O–H groups in total. The number of allylic oxidation sites excluding steroid dienone is 2. The molecule has 0 aromatic heterocycles. The number of alkyl halides is 1. The molecule has 1 fully saturated rings. The third-order valence-electron chi connectivity index (χ3n) is 6.20. The molecule has 28 heavy (non-hydrogen) atoms. The van der Waals surface area contributed by atoms with Crippen molar-refractivity contribution in [3.63, 3.8) is 0 Å². The Morgan fingerprint density at radius 3 is 1.93 bits per heavy atom. The van der Waals surface area contributed by atoms with Gasteiger partial charge in [0, 0.05) is 0 Å². The average Bonchev–Trinajstić information content (AvgIpc) is 2.75. The minimum Gasteiger partial charge on any atom is -0.251 e. The van der Waals surface area contributed by atoms with Gasteiger partial charge < -0.3 is 0 Å². The van der Waals surface area contributed by atoms with Gasteiger partial charge in [-0.15, -0.1) is 0 Å². The molecule has 3 rings (SSSR count). The molecule has 0 aliphatic heterocycles. The Kier molecular flexibility index (Phi) is 8.33. The number of aryl methyl sites for hydroxylation is 2. The van der Waals surface area contributed by atoms with E-state index >= 15 is 0 Å². The molecule has 1 aliphatic rings. The summed E-state index contributed by atoms with van der Waals surface area (Å²) in [6.45, 7) is 2.00. The predicted octanol–water partition coefficient (Wildman–Crippen LogP) is 7.96. The van der Waals surface area contributed by atoms with Crippen molar-refractivity contribution in [2.45, 2.75) is 64.7 Å². The van der Waals surface area contributed by atoms with E-state index in [4.69, 9.17) is 0 Å². The first kappa shape index (κ1) is 20.8. The molecule has 0 heterocycles. The minimum absolute atomic E-state index is 0.227. The topological polar surface area (TPSA) is 0 Å². The van der Waals surface area contributed by atoms with Crippen molar-refractivity contribution in [3.05, 3.63) is 71.8 Å². The van der Waals surface area contributed by atoms with Crippen LogP contribution in [0.15, 0.2) is 60.7 Å². The lowest BCUT2D eigenvalue weighted by Crippen LogP contribution is -2.13. The van der Waals surface area contributed by atoms with E-state index in [1.165, 1.54) is 67.2 Å². The van der Waals surface area contributed by atoms with E-state index in [1.807, 2.05) is 6.08 Å². The maximum atomic E-state index is 12.2. The van der Waals surface area contributed by atoms with Crippen LogP contribution < -0.4 is 0 Å². The fraction of sp³-hybridized carbons (Fsp3) is 0.481. The van der Waals surface area contributed by atoms with Gasteiger partial charge in [-0.3, -0.25) is 4.39 Å². The first-order chi connectivity index (χ1) is 13.8. The third kappa shape index (κ3) is 6.33. The lowest BCUT2D eigenvalue weighted by molar-refractivity contribution is 0.296. The second kappa shape index (κ2) is 11.2. The van der Waals surface area contributed by atoms with Crippen molar-refractivity contribution < 1.29 is 4.39 Å². The predicted molar refractivity (Wildman–Crippen MR) is 119 cm³/mol. The van der Waals surface area contributed by atoms with Crippen LogP contribution in [-0.2, 0) is 12.8 Å². The maximum Gasteiger partial charge on any atom is 0.0928 e. The van der Waals surface area contributed by atoms with E-state index in [1.54, 1.807) is 0 Å². The van der Waals surface area contributed by atoms with Crippen LogP contribution in [0.3, 0.4) is 0 Å². The smallest absolute Gasteiger partial charge is 0.0928 e. The van der Waals surface area contributed by atoms with E-state index in [2.05, 4.69) is 61.5 Å². The van der Waals surface area contributed by atoms with Gasteiger partial charge in [0.05, 0.1) is 6.67 Å². The van der Waals surface area contributed by atoms with Gasteiger partial charge in [-0.25, -0.2) is 0 Å². The van der Waals surface area contributed by atoms with E-state index in [9.17, 15) is 4.39 Å². The van der Waals surface area contributed by atoms with Crippen LogP contribution in [-0.4, -0.2) is 6.67 Å². The molecule has 0 bridgehead atoms. The summed E-state index contributed by atoms with van der Waals surface area (Å²) in [5.74, 6) is 1.54. The van der Waals surface area contributed by atoms with Crippen molar-refractivity contribution in [1.82, 2.24) is 0 Å². The molecule has 1 saturated carbocycles. The number of hydrogen-bond donors (Lipinski definition) is 0. The fourth-order valence-electron chi connectivity index (χ4n) is 4.41. The maximum absolute atomic E-state index is 12.2. The van der Waals surface area contributed by atoms with Crippen molar-refractivity contribution in [2.24, 2.45) is 11.8 Å². The van der Waals surface area contributed by atoms with Gasteiger partial charge in [0.2, 0.25) is 0 Å². The van der Waals surface area contributed by atoms with Crippen LogP contribution in [0.2, 0.25) is 0 Å². The van der Waals surface area contributed by atoms with Gasteiger partial charge in [-0.2, -0.15) is 0 Å². The third-order valence-corrected chi connectivity index (χ3v) is 6.20.